The van der Waals surface area contributed by atoms with Gasteiger partial charge in [0.2, 0.25) is 0 Å². The van der Waals surface area contributed by atoms with Crippen molar-refractivity contribution in [1.29, 1.82) is 5.26 Å². The second-order valence-corrected chi connectivity index (χ2v) is 5.05. The summed E-state index contributed by atoms with van der Waals surface area (Å²) in [5, 5.41) is 13.0. The van der Waals surface area contributed by atoms with Crippen LogP contribution in [-0.2, 0) is 0 Å². The van der Waals surface area contributed by atoms with Crippen molar-refractivity contribution in [3.05, 3.63) is 0 Å². The number of nitrogens with zero attached hydrogens (tertiary/aromatic N) is 2. The van der Waals surface area contributed by atoms with Crippen molar-refractivity contribution >= 4 is 0 Å². The fraction of sp³-hybridized carbons (Fsp3) is 0.909. The predicted octanol–water partition coefficient (Wildman–Crippen LogP) is 0.726. The van der Waals surface area contributed by atoms with Gasteiger partial charge in [0.15, 0.2) is 0 Å². The van der Waals surface area contributed by atoms with Gasteiger partial charge in [0.1, 0.15) is 5.54 Å². The summed E-state index contributed by atoms with van der Waals surface area (Å²) < 4.78 is 0. The van der Waals surface area contributed by atoms with Gasteiger partial charge in [0.05, 0.1) is 6.07 Å². The summed E-state index contributed by atoms with van der Waals surface area (Å²) in [4.78, 5) is 2.44. The van der Waals surface area contributed by atoms with Gasteiger partial charge in [-0.25, -0.2) is 0 Å². The highest BCUT2D eigenvalue weighted by Crippen LogP contribution is 2.37. The van der Waals surface area contributed by atoms with Crippen LogP contribution < -0.4 is 5.32 Å². The smallest absolute Gasteiger partial charge is 0.122 e. The lowest BCUT2D eigenvalue weighted by molar-refractivity contribution is 0.0360. The molecule has 3 nitrogen and oxygen atoms in total. The van der Waals surface area contributed by atoms with Crippen molar-refractivity contribution < 1.29 is 0 Å². The molecule has 0 radical (unpaired) electrons. The molecule has 14 heavy (non-hydrogen) atoms. The van der Waals surface area contributed by atoms with Crippen molar-refractivity contribution in [1.82, 2.24) is 10.2 Å². The number of rotatable bonds is 2. The molecule has 76 valence electrons. The molecule has 1 atom stereocenters. The molecule has 0 amide bonds. The Morgan fingerprint density at radius 3 is 2.36 bits per heavy atom. The van der Waals surface area contributed by atoms with Crippen molar-refractivity contribution in [2.45, 2.75) is 37.3 Å². The first-order valence-corrected chi connectivity index (χ1v) is 5.74. The lowest BCUT2D eigenvalue weighted by Crippen LogP contribution is -2.65. The normalized spacial score (nSPS) is 46.2. The molecular weight excluding hydrogens is 174 g/mol. The summed E-state index contributed by atoms with van der Waals surface area (Å²) >= 11 is 0. The van der Waals surface area contributed by atoms with E-state index >= 15 is 0 Å². The molecule has 1 unspecified atom stereocenters. The molecule has 3 heterocycles. The highest BCUT2D eigenvalue weighted by molar-refractivity contribution is 5.18. The van der Waals surface area contributed by atoms with Gasteiger partial charge in [-0.2, -0.15) is 5.26 Å². The second-order valence-electron chi connectivity index (χ2n) is 5.05. The van der Waals surface area contributed by atoms with Crippen molar-refractivity contribution in [2.24, 2.45) is 5.92 Å². The third kappa shape index (κ3) is 1.25. The van der Waals surface area contributed by atoms with Gasteiger partial charge in [-0.3, -0.25) is 5.32 Å². The van der Waals surface area contributed by atoms with Crippen LogP contribution in [0, 0.1) is 17.2 Å². The summed E-state index contributed by atoms with van der Waals surface area (Å²) in [5.74, 6) is 0.609. The van der Waals surface area contributed by atoms with E-state index in [-0.39, 0.29) is 5.54 Å². The summed E-state index contributed by atoms with van der Waals surface area (Å²) in [6, 6.07) is 3.22. The number of fused-ring (bicyclic) bond motifs is 3. The maximum Gasteiger partial charge on any atom is 0.122 e. The maximum absolute atomic E-state index is 9.40. The fourth-order valence-corrected chi connectivity index (χ4v) is 2.98. The quantitative estimate of drug-likeness (QED) is 0.699. The minimum Gasteiger partial charge on any atom is -0.300 e. The van der Waals surface area contributed by atoms with Gasteiger partial charge in [-0.1, -0.05) is 0 Å². The van der Waals surface area contributed by atoms with E-state index in [0.29, 0.717) is 12.0 Å². The predicted molar refractivity (Wildman–Crippen MR) is 53.7 cm³/mol. The summed E-state index contributed by atoms with van der Waals surface area (Å²) in [6.45, 7) is 3.38. The Bertz CT molecular complexity index is 267. The maximum atomic E-state index is 9.40. The van der Waals surface area contributed by atoms with E-state index < -0.39 is 0 Å². The summed E-state index contributed by atoms with van der Waals surface area (Å²) in [6.07, 6.45) is 4.98. The molecule has 0 spiro atoms. The first-order chi connectivity index (χ1) is 6.82. The van der Waals surface area contributed by atoms with Gasteiger partial charge in [-0.15, -0.1) is 0 Å². The van der Waals surface area contributed by atoms with E-state index in [4.69, 9.17) is 0 Å². The highest BCUT2D eigenvalue weighted by Gasteiger charge is 2.49. The van der Waals surface area contributed by atoms with Gasteiger partial charge in [-0.05, 0) is 44.7 Å². The fourth-order valence-electron chi connectivity index (χ4n) is 2.98. The van der Waals surface area contributed by atoms with E-state index in [1.807, 2.05) is 0 Å². The highest BCUT2D eigenvalue weighted by atomic mass is 15.2. The van der Waals surface area contributed by atoms with Gasteiger partial charge >= 0.3 is 0 Å². The van der Waals surface area contributed by atoms with E-state index in [1.165, 1.54) is 38.8 Å². The monoisotopic (exact) mass is 191 g/mol. The first kappa shape index (κ1) is 8.70. The molecular formula is C11H17N3. The number of hydrogen-bond donors (Lipinski definition) is 1. The topological polar surface area (TPSA) is 39.1 Å². The van der Waals surface area contributed by atoms with Crippen LogP contribution >= 0.6 is 0 Å². The van der Waals surface area contributed by atoms with Crippen LogP contribution in [0.15, 0.2) is 0 Å². The summed E-state index contributed by atoms with van der Waals surface area (Å²) in [5.41, 5.74) is -0.197. The van der Waals surface area contributed by atoms with Crippen LogP contribution in [0.3, 0.4) is 0 Å². The van der Waals surface area contributed by atoms with E-state index in [9.17, 15) is 5.26 Å². The van der Waals surface area contributed by atoms with Crippen molar-refractivity contribution in [2.75, 3.05) is 19.6 Å². The van der Waals surface area contributed by atoms with Gasteiger partial charge in [0, 0.05) is 12.6 Å². The Morgan fingerprint density at radius 2 is 1.93 bits per heavy atom. The Kier molecular flexibility index (Phi) is 1.83. The molecule has 3 aliphatic heterocycles. The molecule has 3 saturated heterocycles. The molecule has 1 saturated carbocycles. The molecule has 1 N–H and O–H groups in total. The Hall–Kier alpha value is -0.590. The Balaban J connectivity index is 1.81. The molecule has 0 aromatic rings. The van der Waals surface area contributed by atoms with Crippen LogP contribution in [-0.4, -0.2) is 36.1 Å². The largest absolute Gasteiger partial charge is 0.300 e. The minimum atomic E-state index is -0.197. The Labute approximate surface area is 85.1 Å². The second kappa shape index (κ2) is 2.95. The van der Waals surface area contributed by atoms with Crippen LogP contribution in [0.5, 0.6) is 0 Å². The lowest BCUT2D eigenvalue weighted by Gasteiger charge is -2.50. The van der Waals surface area contributed by atoms with Crippen LogP contribution in [0.2, 0.25) is 0 Å². The van der Waals surface area contributed by atoms with Crippen LogP contribution in [0.1, 0.15) is 25.7 Å². The van der Waals surface area contributed by atoms with Crippen LogP contribution in [0.25, 0.3) is 0 Å². The average Bonchev–Trinajstić information content (AvgIpc) is 3.03. The molecule has 0 aromatic heterocycles. The lowest BCUT2D eigenvalue weighted by atomic mass is 9.73. The number of nitrogens with one attached hydrogen (secondary N) is 1. The number of nitriles is 1. The molecule has 4 rings (SSSR count). The summed E-state index contributed by atoms with van der Waals surface area (Å²) in [7, 11) is 0. The molecule has 4 aliphatic rings. The number of piperidine rings is 3. The third-order valence-corrected chi connectivity index (χ3v) is 4.00. The van der Waals surface area contributed by atoms with Gasteiger partial charge < -0.3 is 4.90 Å². The SMILES string of the molecule is N#CC1(NC2CC2)CN2CCC1CC2. The van der Waals surface area contributed by atoms with Crippen molar-refractivity contribution in [3.63, 3.8) is 0 Å². The van der Waals surface area contributed by atoms with E-state index in [0.717, 1.165) is 6.54 Å². The van der Waals surface area contributed by atoms with Crippen LogP contribution in [0.4, 0.5) is 0 Å². The van der Waals surface area contributed by atoms with E-state index in [1.54, 1.807) is 0 Å². The molecule has 3 heteroatoms. The standard InChI is InChI=1S/C11H17N3/c12-7-11(13-10-1-2-10)8-14-5-3-9(11)4-6-14/h9-10,13H,1-6,8H2. The van der Waals surface area contributed by atoms with Gasteiger partial charge in [0.25, 0.3) is 0 Å². The zero-order valence-electron chi connectivity index (χ0n) is 8.50. The van der Waals surface area contributed by atoms with Crippen molar-refractivity contribution in [3.8, 4) is 6.07 Å². The minimum absolute atomic E-state index is 0.197. The zero-order valence-corrected chi connectivity index (χ0v) is 8.50. The Morgan fingerprint density at radius 1 is 1.21 bits per heavy atom. The third-order valence-electron chi connectivity index (χ3n) is 4.00. The molecule has 0 aromatic carbocycles. The molecule has 4 fully saturated rings. The average molecular weight is 191 g/mol. The molecule has 1 aliphatic carbocycles. The molecule has 2 bridgehead atoms. The first-order valence-electron chi connectivity index (χ1n) is 5.74. The van der Waals surface area contributed by atoms with E-state index in [2.05, 4.69) is 16.3 Å². The number of hydrogen-bond acceptors (Lipinski definition) is 3. The zero-order chi connectivity index (χ0) is 9.60.